The van der Waals surface area contributed by atoms with Gasteiger partial charge in [-0.1, -0.05) is 0 Å². The fraction of sp³-hybridized carbons (Fsp3) is 0.571. The number of hydrogen-bond donors (Lipinski definition) is 1. The van der Waals surface area contributed by atoms with Crippen LogP contribution in [0, 0.1) is 0 Å². The van der Waals surface area contributed by atoms with Gasteiger partial charge in [0.2, 0.25) is 0 Å². The van der Waals surface area contributed by atoms with Crippen LogP contribution in [0.15, 0.2) is 6.07 Å². The summed E-state index contributed by atoms with van der Waals surface area (Å²) in [6.45, 7) is 9.21. The number of esters is 1. The summed E-state index contributed by atoms with van der Waals surface area (Å²) in [5.41, 5.74) is -0.495. The molecule has 22 heavy (non-hydrogen) atoms. The number of nitrogens with one attached hydrogen (secondary N) is 1. The van der Waals surface area contributed by atoms with Gasteiger partial charge >= 0.3 is 12.1 Å². The highest BCUT2D eigenvalue weighted by Gasteiger charge is 2.20. The zero-order valence-electron chi connectivity index (χ0n) is 13.4. The lowest BCUT2D eigenvalue weighted by atomic mass is 10.2. The van der Waals surface area contributed by atoms with Gasteiger partial charge in [0.15, 0.2) is 5.69 Å². The number of aromatic nitrogens is 2. The number of carbonyl (C=O) groups is 2. The van der Waals surface area contributed by atoms with Crippen molar-refractivity contribution in [3.63, 3.8) is 0 Å². The molecule has 0 saturated carbocycles. The molecule has 0 atom stereocenters. The van der Waals surface area contributed by atoms with Crippen molar-refractivity contribution in [1.82, 2.24) is 10.2 Å². The average Bonchev–Trinajstić information content (AvgIpc) is 2.39. The number of nitrogens with zero attached hydrogens (tertiary/aromatic N) is 2. The van der Waals surface area contributed by atoms with E-state index in [-0.39, 0.29) is 23.9 Å². The first kappa shape index (κ1) is 17.7. The first-order chi connectivity index (χ1) is 10.3. The van der Waals surface area contributed by atoms with Crippen molar-refractivity contribution in [3.05, 3.63) is 11.8 Å². The molecule has 0 aliphatic carbocycles. The number of rotatable bonds is 5. The van der Waals surface area contributed by atoms with Gasteiger partial charge in [-0.25, -0.2) is 9.59 Å². The second-order valence-corrected chi connectivity index (χ2v) is 5.23. The van der Waals surface area contributed by atoms with E-state index in [1.807, 2.05) is 0 Å². The van der Waals surface area contributed by atoms with Crippen molar-refractivity contribution in [2.24, 2.45) is 0 Å². The Balaban J connectivity index is 2.99. The summed E-state index contributed by atoms with van der Waals surface area (Å²) >= 11 is 0. The van der Waals surface area contributed by atoms with Crippen molar-refractivity contribution in [1.29, 1.82) is 0 Å². The van der Waals surface area contributed by atoms with Crippen molar-refractivity contribution in [2.75, 3.05) is 18.5 Å². The summed E-state index contributed by atoms with van der Waals surface area (Å²) in [4.78, 5) is 23.5. The molecule has 0 bridgehead atoms. The standard InChI is InChI=1S/C14H21N3O5/c1-6-20-11-9(15-13(19)22-14(3,4)5)8-10(16-17-11)12(18)21-7-2/h8H,6-7H2,1-5H3,(H,15,16,19). The zero-order chi connectivity index (χ0) is 16.8. The second kappa shape index (κ2) is 7.58. The number of ether oxygens (including phenoxy) is 3. The maximum Gasteiger partial charge on any atom is 0.412 e. The van der Waals surface area contributed by atoms with Gasteiger partial charge in [-0.05, 0) is 34.6 Å². The van der Waals surface area contributed by atoms with Crippen LogP contribution in [0.1, 0.15) is 45.1 Å². The Bertz CT molecular complexity index is 540. The minimum Gasteiger partial charge on any atom is -0.475 e. The van der Waals surface area contributed by atoms with Crippen LogP contribution in [-0.4, -0.2) is 41.1 Å². The first-order valence-corrected chi connectivity index (χ1v) is 6.94. The molecule has 0 spiro atoms. The second-order valence-electron chi connectivity index (χ2n) is 5.23. The van der Waals surface area contributed by atoms with Crippen LogP contribution in [0.2, 0.25) is 0 Å². The first-order valence-electron chi connectivity index (χ1n) is 6.94. The molecule has 0 fully saturated rings. The maximum absolute atomic E-state index is 11.8. The number of hydrogen-bond acceptors (Lipinski definition) is 7. The van der Waals surface area contributed by atoms with E-state index in [4.69, 9.17) is 14.2 Å². The van der Waals surface area contributed by atoms with Crippen LogP contribution in [0.25, 0.3) is 0 Å². The fourth-order valence-electron chi connectivity index (χ4n) is 1.43. The monoisotopic (exact) mass is 311 g/mol. The highest BCUT2D eigenvalue weighted by atomic mass is 16.6. The Morgan fingerprint density at radius 3 is 2.41 bits per heavy atom. The Morgan fingerprint density at radius 1 is 1.18 bits per heavy atom. The van der Waals surface area contributed by atoms with Crippen molar-refractivity contribution in [2.45, 2.75) is 40.2 Å². The Morgan fingerprint density at radius 2 is 1.86 bits per heavy atom. The molecule has 0 aliphatic heterocycles. The molecule has 122 valence electrons. The molecule has 8 heteroatoms. The van der Waals surface area contributed by atoms with Gasteiger partial charge in [0.1, 0.15) is 11.3 Å². The fourth-order valence-corrected chi connectivity index (χ4v) is 1.43. The maximum atomic E-state index is 11.8. The summed E-state index contributed by atoms with van der Waals surface area (Å²) in [7, 11) is 0. The van der Waals surface area contributed by atoms with E-state index in [0.717, 1.165) is 0 Å². The highest BCUT2D eigenvalue weighted by molar-refractivity contribution is 5.91. The summed E-state index contributed by atoms with van der Waals surface area (Å²) < 4.78 is 15.3. The van der Waals surface area contributed by atoms with Crippen LogP contribution < -0.4 is 10.1 Å². The molecule has 1 aromatic rings. The molecular weight excluding hydrogens is 290 g/mol. The number of anilines is 1. The Labute approximate surface area is 129 Å². The lowest BCUT2D eigenvalue weighted by molar-refractivity contribution is 0.0516. The SMILES string of the molecule is CCOC(=O)c1cc(NC(=O)OC(C)(C)C)c(OCC)nn1. The quantitative estimate of drug-likeness (QED) is 0.833. The molecule has 1 heterocycles. The third-order valence-electron chi connectivity index (χ3n) is 2.16. The molecule has 8 nitrogen and oxygen atoms in total. The molecule has 1 rings (SSSR count). The van der Waals surface area contributed by atoms with Crippen LogP contribution in [-0.2, 0) is 9.47 Å². The van der Waals surface area contributed by atoms with Gasteiger partial charge in [0, 0.05) is 6.07 Å². The van der Waals surface area contributed by atoms with E-state index >= 15 is 0 Å². The summed E-state index contributed by atoms with van der Waals surface area (Å²) in [6.07, 6.45) is -0.684. The number of carbonyl (C=O) groups excluding carboxylic acids is 2. The molecule has 0 radical (unpaired) electrons. The summed E-state index contributed by atoms with van der Waals surface area (Å²) in [5, 5.41) is 9.99. The minimum absolute atomic E-state index is 0.0311. The third kappa shape index (κ3) is 5.55. The molecule has 0 saturated heterocycles. The topological polar surface area (TPSA) is 99.6 Å². The van der Waals surface area contributed by atoms with Gasteiger partial charge in [0.05, 0.1) is 13.2 Å². The molecule has 0 aliphatic rings. The summed E-state index contributed by atoms with van der Waals surface area (Å²) in [6, 6.07) is 1.33. The lowest BCUT2D eigenvalue weighted by Crippen LogP contribution is -2.27. The number of amides is 1. The average molecular weight is 311 g/mol. The van der Waals surface area contributed by atoms with E-state index in [0.29, 0.717) is 6.61 Å². The van der Waals surface area contributed by atoms with Crippen LogP contribution >= 0.6 is 0 Å². The lowest BCUT2D eigenvalue weighted by Gasteiger charge is -2.20. The van der Waals surface area contributed by atoms with E-state index in [2.05, 4.69) is 15.5 Å². The van der Waals surface area contributed by atoms with E-state index < -0.39 is 17.7 Å². The largest absolute Gasteiger partial charge is 0.475 e. The van der Waals surface area contributed by atoms with Crippen LogP contribution in [0.4, 0.5) is 10.5 Å². The van der Waals surface area contributed by atoms with Crippen LogP contribution in [0.3, 0.4) is 0 Å². The zero-order valence-corrected chi connectivity index (χ0v) is 13.4. The Kier molecular flexibility index (Phi) is 6.09. The molecular formula is C14H21N3O5. The van der Waals surface area contributed by atoms with E-state index in [1.54, 1.807) is 34.6 Å². The predicted octanol–water partition coefficient (Wildman–Crippen LogP) is 2.40. The van der Waals surface area contributed by atoms with Crippen molar-refractivity contribution < 1.29 is 23.8 Å². The molecule has 1 aromatic heterocycles. The van der Waals surface area contributed by atoms with Crippen molar-refractivity contribution >= 4 is 17.7 Å². The third-order valence-corrected chi connectivity index (χ3v) is 2.16. The molecule has 1 N–H and O–H groups in total. The molecule has 0 unspecified atom stereocenters. The van der Waals surface area contributed by atoms with Gasteiger partial charge in [-0.3, -0.25) is 5.32 Å². The minimum atomic E-state index is -0.684. The van der Waals surface area contributed by atoms with Gasteiger partial charge < -0.3 is 14.2 Å². The van der Waals surface area contributed by atoms with E-state index in [1.165, 1.54) is 6.07 Å². The molecule has 1 amide bonds. The molecule has 0 aromatic carbocycles. The normalized spacial score (nSPS) is 10.8. The Hall–Kier alpha value is -2.38. The smallest absolute Gasteiger partial charge is 0.412 e. The van der Waals surface area contributed by atoms with Gasteiger partial charge in [-0.15, -0.1) is 10.2 Å². The van der Waals surface area contributed by atoms with Crippen molar-refractivity contribution in [3.8, 4) is 5.88 Å². The van der Waals surface area contributed by atoms with Gasteiger partial charge in [0.25, 0.3) is 5.88 Å². The highest BCUT2D eigenvalue weighted by Crippen LogP contribution is 2.22. The predicted molar refractivity (Wildman–Crippen MR) is 79.0 cm³/mol. The summed E-state index contributed by atoms with van der Waals surface area (Å²) in [5.74, 6) is -0.535. The van der Waals surface area contributed by atoms with E-state index in [9.17, 15) is 9.59 Å². The van der Waals surface area contributed by atoms with Crippen LogP contribution in [0.5, 0.6) is 5.88 Å². The van der Waals surface area contributed by atoms with Gasteiger partial charge in [-0.2, -0.15) is 0 Å².